The predicted molar refractivity (Wildman–Crippen MR) is 271 cm³/mol. The number of rotatable bonds is 3. The number of aromatic nitrogens is 2. The molecule has 306 valence electrons. The van der Waals surface area contributed by atoms with Gasteiger partial charge >= 0.3 is 0 Å². The highest BCUT2D eigenvalue weighted by Gasteiger charge is 2.49. The van der Waals surface area contributed by atoms with Crippen LogP contribution in [0, 0.1) is 12.8 Å². The van der Waals surface area contributed by atoms with E-state index in [9.17, 15) is 0 Å². The standard InChI is InChI=1S/C59H43N3S2/c1-34-23-24-36-25-26-38-33-58(2,45-19-11-17-41-39-15-7-9-21-52(39)63-55(41)45)47-32-44-48(31-43(47)54(38)60-49(36)29-34)59(3,46-20-12-18-42-40-16-8-10-22-53(40)64-56(42)46)62-51-28-27-37(30-50(51)61-57(44)62)35-13-5-4-6-14-35/h4-24,27-32,38H,25-26,33H2,1-3H3. The van der Waals surface area contributed by atoms with Crippen molar-refractivity contribution in [1.82, 2.24) is 9.55 Å². The third-order valence-electron chi connectivity index (χ3n) is 15.2. The number of imidazole rings is 1. The van der Waals surface area contributed by atoms with Gasteiger partial charge in [0.25, 0.3) is 0 Å². The van der Waals surface area contributed by atoms with E-state index in [2.05, 4.69) is 189 Å². The molecule has 0 N–H and O–H groups in total. The van der Waals surface area contributed by atoms with Crippen LogP contribution in [-0.2, 0) is 17.4 Å². The van der Waals surface area contributed by atoms with E-state index in [4.69, 9.17) is 9.98 Å². The second kappa shape index (κ2) is 13.2. The summed E-state index contributed by atoms with van der Waals surface area (Å²) in [5, 5.41) is 5.32. The van der Waals surface area contributed by atoms with Crippen molar-refractivity contribution in [2.24, 2.45) is 10.9 Å². The quantitative estimate of drug-likeness (QED) is 0.174. The van der Waals surface area contributed by atoms with E-state index in [0.29, 0.717) is 5.92 Å². The SMILES string of the molecule is Cc1ccc2c(c1)N=C1c3cc4c(cc3C(C)(c3cccc5c3sc3ccccc35)CC1CC2)-c1nc2cc(-c3ccccc3)ccc2n1C4(C)c1cccc2c1sc1ccccc12. The molecule has 0 saturated carbocycles. The lowest BCUT2D eigenvalue weighted by Crippen LogP contribution is -2.38. The molecule has 3 unspecified atom stereocenters. The number of aryl methyl sites for hydroxylation is 2. The van der Waals surface area contributed by atoms with Gasteiger partial charge in [0.1, 0.15) is 5.82 Å². The second-order valence-corrected chi connectivity index (χ2v) is 20.9. The van der Waals surface area contributed by atoms with Crippen LogP contribution in [0.1, 0.15) is 65.6 Å². The Kier molecular flexibility index (Phi) is 7.59. The smallest absolute Gasteiger partial charge is 0.142 e. The summed E-state index contributed by atoms with van der Waals surface area (Å²) in [4.78, 5) is 11.5. The highest BCUT2D eigenvalue weighted by atomic mass is 32.1. The van der Waals surface area contributed by atoms with Crippen LogP contribution in [0.25, 0.3) is 73.9 Å². The summed E-state index contributed by atoms with van der Waals surface area (Å²) in [6, 6.07) is 61.5. The van der Waals surface area contributed by atoms with Crippen molar-refractivity contribution in [3.05, 3.63) is 203 Å². The van der Waals surface area contributed by atoms with Crippen LogP contribution in [0.3, 0.4) is 0 Å². The molecule has 0 amide bonds. The maximum atomic E-state index is 5.77. The van der Waals surface area contributed by atoms with Crippen LogP contribution in [0.2, 0.25) is 0 Å². The molecule has 0 saturated heterocycles. The lowest BCUT2D eigenvalue weighted by Gasteiger charge is -2.42. The van der Waals surface area contributed by atoms with Gasteiger partial charge in [0, 0.05) is 68.4 Å². The number of aliphatic imine (C=N–C) groups is 1. The minimum Gasteiger partial charge on any atom is -0.310 e. The molecule has 5 heterocycles. The molecule has 3 aliphatic rings. The Hall–Kier alpha value is -6.66. The van der Waals surface area contributed by atoms with Gasteiger partial charge in [-0.1, -0.05) is 128 Å². The highest BCUT2D eigenvalue weighted by molar-refractivity contribution is 7.26. The van der Waals surface area contributed by atoms with Crippen LogP contribution < -0.4 is 0 Å². The summed E-state index contributed by atoms with van der Waals surface area (Å²) < 4.78 is 7.97. The summed E-state index contributed by atoms with van der Waals surface area (Å²) in [5.41, 5.74) is 16.6. The largest absolute Gasteiger partial charge is 0.310 e. The van der Waals surface area contributed by atoms with Crippen LogP contribution in [-0.4, -0.2) is 15.3 Å². The van der Waals surface area contributed by atoms with Crippen molar-refractivity contribution in [1.29, 1.82) is 0 Å². The molecule has 3 aromatic heterocycles. The zero-order chi connectivity index (χ0) is 42.5. The Morgan fingerprint density at radius 2 is 1.25 bits per heavy atom. The zero-order valence-corrected chi connectivity index (χ0v) is 37.6. The van der Waals surface area contributed by atoms with Gasteiger partial charge in [-0.05, 0) is 115 Å². The molecule has 11 aromatic rings. The number of benzene rings is 8. The highest BCUT2D eigenvalue weighted by Crippen LogP contribution is 2.57. The van der Waals surface area contributed by atoms with E-state index in [1.54, 1.807) is 0 Å². The van der Waals surface area contributed by atoms with Gasteiger partial charge < -0.3 is 4.57 Å². The van der Waals surface area contributed by atoms with Gasteiger partial charge in [0.05, 0.1) is 28.0 Å². The van der Waals surface area contributed by atoms with Crippen LogP contribution in [0.15, 0.2) is 169 Å². The van der Waals surface area contributed by atoms with E-state index in [1.807, 2.05) is 22.7 Å². The van der Waals surface area contributed by atoms with Crippen LogP contribution in [0.4, 0.5) is 5.69 Å². The van der Waals surface area contributed by atoms with Crippen molar-refractivity contribution >= 4 is 85.5 Å². The molecule has 8 aromatic carbocycles. The Morgan fingerprint density at radius 1 is 0.578 bits per heavy atom. The van der Waals surface area contributed by atoms with Crippen molar-refractivity contribution in [2.75, 3.05) is 0 Å². The normalized spacial score (nSPS) is 20.0. The minimum atomic E-state index is -0.572. The first kappa shape index (κ1) is 36.8. The molecule has 3 nitrogen and oxygen atoms in total. The molecule has 64 heavy (non-hydrogen) atoms. The molecular formula is C59H43N3S2. The molecule has 14 rings (SSSR count). The third-order valence-corrected chi connectivity index (χ3v) is 17.7. The van der Waals surface area contributed by atoms with Crippen molar-refractivity contribution in [2.45, 2.75) is 51.0 Å². The lowest BCUT2D eigenvalue weighted by atomic mass is 9.61. The molecule has 1 aliphatic carbocycles. The summed E-state index contributed by atoms with van der Waals surface area (Å²) in [7, 11) is 0. The predicted octanol–water partition coefficient (Wildman–Crippen LogP) is 15.9. The molecular weight excluding hydrogens is 815 g/mol. The van der Waals surface area contributed by atoms with Crippen molar-refractivity contribution in [3.8, 4) is 22.5 Å². The van der Waals surface area contributed by atoms with Gasteiger partial charge in [-0.25, -0.2) is 4.98 Å². The average Bonchev–Trinajstić information content (AvgIpc) is 4.05. The fourth-order valence-corrected chi connectivity index (χ4v) is 14.8. The summed E-state index contributed by atoms with van der Waals surface area (Å²) >= 11 is 3.87. The fourth-order valence-electron chi connectivity index (χ4n) is 12.1. The van der Waals surface area contributed by atoms with Crippen molar-refractivity contribution in [3.63, 3.8) is 0 Å². The Balaban J connectivity index is 1.09. The number of fused-ring (bicyclic) bond motifs is 15. The van der Waals surface area contributed by atoms with E-state index < -0.39 is 5.54 Å². The first-order chi connectivity index (χ1) is 31.3. The lowest BCUT2D eigenvalue weighted by molar-refractivity contribution is 0.424. The molecule has 3 atom stereocenters. The maximum Gasteiger partial charge on any atom is 0.142 e. The Morgan fingerprint density at radius 3 is 2.02 bits per heavy atom. The van der Waals surface area contributed by atoms with Gasteiger partial charge in [-0.2, -0.15) is 0 Å². The number of hydrogen-bond acceptors (Lipinski definition) is 4. The van der Waals surface area contributed by atoms with E-state index >= 15 is 0 Å². The monoisotopic (exact) mass is 857 g/mol. The number of hydrogen-bond donors (Lipinski definition) is 0. The van der Waals surface area contributed by atoms with Gasteiger partial charge in [0.2, 0.25) is 0 Å². The minimum absolute atomic E-state index is 0.289. The van der Waals surface area contributed by atoms with Crippen LogP contribution in [0.5, 0.6) is 0 Å². The molecule has 0 radical (unpaired) electrons. The maximum absolute atomic E-state index is 5.77. The topological polar surface area (TPSA) is 30.2 Å². The molecule has 0 bridgehead atoms. The van der Waals surface area contributed by atoms with Gasteiger partial charge in [-0.3, -0.25) is 4.99 Å². The van der Waals surface area contributed by atoms with E-state index in [-0.39, 0.29) is 5.41 Å². The molecule has 0 spiro atoms. The van der Waals surface area contributed by atoms with Gasteiger partial charge in [0.15, 0.2) is 0 Å². The third kappa shape index (κ3) is 4.97. The van der Waals surface area contributed by atoms with E-state index in [1.165, 1.54) is 102 Å². The summed E-state index contributed by atoms with van der Waals surface area (Å²) in [5.74, 6) is 1.33. The van der Waals surface area contributed by atoms with E-state index in [0.717, 1.165) is 41.8 Å². The first-order valence-electron chi connectivity index (χ1n) is 22.6. The summed E-state index contributed by atoms with van der Waals surface area (Å²) in [6.45, 7) is 7.20. The molecule has 5 heteroatoms. The molecule has 0 fully saturated rings. The van der Waals surface area contributed by atoms with Crippen molar-refractivity contribution < 1.29 is 0 Å². The molecule has 2 aliphatic heterocycles. The Labute approximate surface area is 380 Å². The average molecular weight is 858 g/mol. The summed E-state index contributed by atoms with van der Waals surface area (Å²) in [6.07, 6.45) is 3.08. The zero-order valence-electron chi connectivity index (χ0n) is 35.9. The number of nitrogens with zero attached hydrogens (tertiary/aromatic N) is 3. The Bertz CT molecular complexity index is 3830. The first-order valence-corrected chi connectivity index (χ1v) is 24.3. The second-order valence-electron chi connectivity index (χ2n) is 18.8. The number of thiophene rings is 2. The van der Waals surface area contributed by atoms with Gasteiger partial charge in [-0.15, -0.1) is 22.7 Å². The fraction of sp³-hybridized carbons (Fsp3) is 0.153. The van der Waals surface area contributed by atoms with Crippen LogP contribution >= 0.6 is 22.7 Å².